The lowest BCUT2D eigenvalue weighted by molar-refractivity contribution is -0.140. The third-order valence-electron chi connectivity index (χ3n) is 4.45. The van der Waals surface area contributed by atoms with Crippen LogP contribution in [-0.4, -0.2) is 16.7 Å². The number of carbonyl (C=O) groups excluding carboxylic acids is 2. The quantitative estimate of drug-likeness (QED) is 0.816. The first-order chi connectivity index (χ1) is 11.5. The van der Waals surface area contributed by atoms with Crippen LogP contribution in [0.25, 0.3) is 0 Å². The van der Waals surface area contributed by atoms with Gasteiger partial charge in [-0.2, -0.15) is 5.26 Å². The maximum Gasteiger partial charge on any atom is 0.240 e. The third kappa shape index (κ3) is 2.56. The van der Waals surface area contributed by atoms with Crippen molar-refractivity contribution < 1.29 is 14.0 Å². The van der Waals surface area contributed by atoms with Crippen molar-refractivity contribution in [1.82, 2.24) is 4.90 Å². The van der Waals surface area contributed by atoms with Crippen LogP contribution in [0.2, 0.25) is 0 Å². The Morgan fingerprint density at radius 3 is 2.58 bits per heavy atom. The van der Waals surface area contributed by atoms with Crippen molar-refractivity contribution >= 4 is 11.8 Å². The molecule has 2 aromatic rings. The molecule has 0 radical (unpaired) electrons. The van der Waals surface area contributed by atoms with Crippen molar-refractivity contribution in [3.05, 3.63) is 71.0 Å². The topological polar surface area (TPSA) is 61.2 Å². The largest absolute Gasteiger partial charge is 0.277 e. The van der Waals surface area contributed by atoms with E-state index < -0.39 is 11.2 Å². The molecule has 2 amide bonds. The van der Waals surface area contributed by atoms with Crippen molar-refractivity contribution in [2.45, 2.75) is 25.3 Å². The molecule has 0 aliphatic carbocycles. The lowest BCUT2D eigenvalue weighted by atomic mass is 9.81. The number of carbonyl (C=O) groups is 2. The van der Waals surface area contributed by atoms with E-state index in [2.05, 4.69) is 0 Å². The van der Waals surface area contributed by atoms with Crippen LogP contribution in [0.4, 0.5) is 4.39 Å². The van der Waals surface area contributed by atoms with Crippen molar-refractivity contribution in [1.29, 1.82) is 5.26 Å². The summed E-state index contributed by atoms with van der Waals surface area (Å²) in [6, 6.07) is 14.8. The Morgan fingerprint density at radius 2 is 1.92 bits per heavy atom. The fourth-order valence-corrected chi connectivity index (χ4v) is 3.04. The van der Waals surface area contributed by atoms with E-state index in [-0.39, 0.29) is 30.3 Å². The maximum atomic E-state index is 13.2. The van der Waals surface area contributed by atoms with Gasteiger partial charge in [-0.15, -0.1) is 0 Å². The first-order valence-electron chi connectivity index (χ1n) is 7.54. The number of halogens is 1. The molecule has 2 aromatic carbocycles. The summed E-state index contributed by atoms with van der Waals surface area (Å²) in [7, 11) is 0. The van der Waals surface area contributed by atoms with Gasteiger partial charge in [-0.05, 0) is 30.2 Å². The van der Waals surface area contributed by atoms with E-state index in [1.807, 2.05) is 36.4 Å². The van der Waals surface area contributed by atoms with Crippen LogP contribution in [-0.2, 0) is 21.5 Å². The van der Waals surface area contributed by atoms with Crippen molar-refractivity contribution in [2.75, 3.05) is 0 Å². The van der Waals surface area contributed by atoms with Gasteiger partial charge in [-0.3, -0.25) is 14.5 Å². The van der Waals surface area contributed by atoms with Crippen LogP contribution < -0.4 is 0 Å². The molecular weight excluding hydrogens is 307 g/mol. The molecule has 1 saturated heterocycles. The molecule has 0 aromatic heterocycles. The van der Waals surface area contributed by atoms with E-state index in [4.69, 9.17) is 5.26 Å². The van der Waals surface area contributed by atoms with Gasteiger partial charge in [0.15, 0.2) is 0 Å². The molecule has 1 aliphatic rings. The highest BCUT2D eigenvalue weighted by atomic mass is 19.1. The van der Waals surface area contributed by atoms with Gasteiger partial charge in [-0.25, -0.2) is 4.39 Å². The van der Waals surface area contributed by atoms with Gasteiger partial charge in [0.25, 0.3) is 0 Å². The SMILES string of the molecule is CC1(c2ccccc2)CC(=O)N(Cc2ccc(F)cc2C#N)C1=O. The number of benzene rings is 2. The molecule has 1 heterocycles. The maximum absolute atomic E-state index is 13.2. The molecule has 1 aliphatic heterocycles. The minimum atomic E-state index is -0.912. The first-order valence-corrected chi connectivity index (χ1v) is 7.54. The molecule has 4 nitrogen and oxygen atoms in total. The van der Waals surface area contributed by atoms with Gasteiger partial charge in [-0.1, -0.05) is 36.4 Å². The fraction of sp³-hybridized carbons (Fsp3) is 0.211. The van der Waals surface area contributed by atoms with Gasteiger partial charge in [0.2, 0.25) is 11.8 Å². The summed E-state index contributed by atoms with van der Waals surface area (Å²) in [5.41, 5.74) is 0.456. The van der Waals surface area contributed by atoms with Crippen LogP contribution >= 0.6 is 0 Å². The van der Waals surface area contributed by atoms with Crippen LogP contribution in [0, 0.1) is 17.1 Å². The van der Waals surface area contributed by atoms with Gasteiger partial charge in [0.05, 0.1) is 23.6 Å². The summed E-state index contributed by atoms with van der Waals surface area (Å²) in [6.45, 7) is 1.72. The average Bonchev–Trinajstić information content (AvgIpc) is 2.81. The predicted octanol–water partition coefficient (Wildman–Crippen LogP) is 2.91. The lowest BCUT2D eigenvalue weighted by Crippen LogP contribution is -2.36. The molecule has 3 rings (SSSR count). The van der Waals surface area contributed by atoms with E-state index in [0.29, 0.717) is 5.56 Å². The highest BCUT2D eigenvalue weighted by molar-refractivity contribution is 6.08. The molecule has 0 saturated carbocycles. The van der Waals surface area contributed by atoms with Crippen LogP contribution in [0.1, 0.15) is 30.0 Å². The summed E-state index contributed by atoms with van der Waals surface area (Å²) >= 11 is 0. The molecule has 0 N–H and O–H groups in total. The monoisotopic (exact) mass is 322 g/mol. The zero-order chi connectivity index (χ0) is 17.3. The number of likely N-dealkylation sites (tertiary alicyclic amines) is 1. The van der Waals surface area contributed by atoms with E-state index in [9.17, 15) is 14.0 Å². The van der Waals surface area contributed by atoms with E-state index >= 15 is 0 Å². The highest BCUT2D eigenvalue weighted by Crippen LogP contribution is 2.37. The Labute approximate surface area is 139 Å². The summed E-state index contributed by atoms with van der Waals surface area (Å²) in [5, 5.41) is 9.12. The average molecular weight is 322 g/mol. The molecular formula is C19H15FN2O2. The van der Waals surface area contributed by atoms with E-state index in [0.717, 1.165) is 16.5 Å². The number of nitrogens with zero attached hydrogens (tertiary/aromatic N) is 2. The number of rotatable bonds is 3. The first kappa shape index (κ1) is 15.9. The van der Waals surface area contributed by atoms with Crippen molar-refractivity contribution in [2.24, 2.45) is 0 Å². The number of hydrogen-bond donors (Lipinski definition) is 0. The Morgan fingerprint density at radius 1 is 1.21 bits per heavy atom. The second-order valence-electron chi connectivity index (χ2n) is 6.07. The van der Waals surface area contributed by atoms with Gasteiger partial charge >= 0.3 is 0 Å². The second kappa shape index (κ2) is 5.89. The number of hydrogen-bond acceptors (Lipinski definition) is 3. The number of amides is 2. The summed E-state index contributed by atoms with van der Waals surface area (Å²) in [4.78, 5) is 26.4. The normalized spacial score (nSPS) is 20.3. The van der Waals surface area contributed by atoms with Crippen molar-refractivity contribution in [3.63, 3.8) is 0 Å². The molecule has 120 valence electrons. The Kier molecular flexibility index (Phi) is 3.90. The smallest absolute Gasteiger partial charge is 0.240 e. The minimum Gasteiger partial charge on any atom is -0.277 e. The minimum absolute atomic E-state index is 0.0245. The zero-order valence-corrected chi connectivity index (χ0v) is 13.1. The number of nitriles is 1. The van der Waals surface area contributed by atoms with Crippen LogP contribution in [0.15, 0.2) is 48.5 Å². The molecule has 24 heavy (non-hydrogen) atoms. The lowest BCUT2D eigenvalue weighted by Gasteiger charge is -2.23. The second-order valence-corrected chi connectivity index (χ2v) is 6.07. The summed E-state index contributed by atoms with van der Waals surface area (Å²) < 4.78 is 13.2. The molecule has 0 spiro atoms. The Bertz CT molecular complexity index is 857. The van der Waals surface area contributed by atoms with Crippen LogP contribution in [0.5, 0.6) is 0 Å². The van der Waals surface area contributed by atoms with Gasteiger partial charge in [0.1, 0.15) is 5.82 Å². The highest BCUT2D eigenvalue weighted by Gasteiger charge is 2.49. The summed E-state index contributed by atoms with van der Waals surface area (Å²) in [5.74, 6) is -1.12. The molecule has 5 heteroatoms. The molecule has 1 unspecified atom stereocenters. The fourth-order valence-electron chi connectivity index (χ4n) is 3.04. The Balaban J connectivity index is 1.93. The third-order valence-corrected chi connectivity index (χ3v) is 4.45. The molecule has 1 fully saturated rings. The zero-order valence-electron chi connectivity index (χ0n) is 13.1. The van der Waals surface area contributed by atoms with Gasteiger partial charge in [0, 0.05) is 6.42 Å². The van der Waals surface area contributed by atoms with Gasteiger partial charge < -0.3 is 0 Å². The van der Waals surface area contributed by atoms with Crippen LogP contribution in [0.3, 0.4) is 0 Å². The molecule has 0 bridgehead atoms. The predicted molar refractivity (Wildman–Crippen MR) is 85.1 cm³/mol. The van der Waals surface area contributed by atoms with E-state index in [1.165, 1.54) is 12.1 Å². The Hall–Kier alpha value is -3.00. The van der Waals surface area contributed by atoms with Crippen molar-refractivity contribution in [3.8, 4) is 6.07 Å². The van der Waals surface area contributed by atoms with E-state index in [1.54, 1.807) is 6.92 Å². The molecule has 1 atom stereocenters. The standard InChI is InChI=1S/C19H15FN2O2/c1-19(15-5-3-2-4-6-15)10-17(23)22(18(19)24)12-13-7-8-16(20)9-14(13)11-21/h2-9H,10,12H2,1H3. The summed E-state index contributed by atoms with van der Waals surface area (Å²) in [6.07, 6.45) is 0.0823. The number of imide groups is 1.